The number of rotatable bonds is 4. The van der Waals surface area contributed by atoms with Gasteiger partial charge in [-0.1, -0.05) is 0 Å². The van der Waals surface area contributed by atoms with Gasteiger partial charge in [-0.15, -0.1) is 0 Å². The molecule has 0 fully saturated rings. The standard InChI is InChI=1S/C5H6O5.H4N2/c6-3(1-4(7)8)2-5(9)10;1-2/h1-2H2,(H,7,8)(H,9,10);1-2H2. The second-order valence-electron chi connectivity index (χ2n) is 1.68. The molecule has 0 heterocycles. The third-order valence-corrected chi connectivity index (χ3v) is 0.697. The summed E-state index contributed by atoms with van der Waals surface area (Å²) in [6, 6.07) is 0. The van der Waals surface area contributed by atoms with Crippen molar-refractivity contribution in [3.8, 4) is 0 Å². The summed E-state index contributed by atoms with van der Waals surface area (Å²) in [5.74, 6) is 4.61. The van der Waals surface area contributed by atoms with Crippen molar-refractivity contribution in [1.29, 1.82) is 0 Å². The number of Topliss-reactive ketones (excluding diaryl/α,β-unsaturated/α-hetero) is 1. The molecule has 0 spiro atoms. The Bertz CT molecular complexity index is 161. The van der Waals surface area contributed by atoms with Crippen LogP contribution in [0.2, 0.25) is 0 Å². The molecular weight excluding hydrogens is 168 g/mol. The highest BCUT2D eigenvalue weighted by molar-refractivity contribution is 6.02. The van der Waals surface area contributed by atoms with E-state index in [-0.39, 0.29) is 0 Å². The predicted molar refractivity (Wildman–Crippen MR) is 37.9 cm³/mol. The molecule has 0 aromatic carbocycles. The van der Waals surface area contributed by atoms with Crippen LogP contribution in [0, 0.1) is 0 Å². The number of hydrazine groups is 1. The number of aliphatic carboxylic acids is 2. The van der Waals surface area contributed by atoms with E-state index in [4.69, 9.17) is 10.2 Å². The Hall–Kier alpha value is -1.47. The van der Waals surface area contributed by atoms with Crippen LogP contribution in [0.1, 0.15) is 12.8 Å². The highest BCUT2D eigenvalue weighted by Gasteiger charge is 2.10. The molecule has 0 rings (SSSR count). The fourth-order valence-corrected chi connectivity index (χ4v) is 0.400. The van der Waals surface area contributed by atoms with E-state index >= 15 is 0 Å². The Morgan fingerprint density at radius 3 is 1.33 bits per heavy atom. The zero-order valence-electron chi connectivity index (χ0n) is 6.19. The van der Waals surface area contributed by atoms with E-state index in [0.29, 0.717) is 0 Å². The summed E-state index contributed by atoms with van der Waals surface area (Å²) >= 11 is 0. The molecule has 0 saturated carbocycles. The molecule has 0 unspecified atom stereocenters. The number of hydrogen-bond donors (Lipinski definition) is 4. The van der Waals surface area contributed by atoms with Crippen molar-refractivity contribution in [2.24, 2.45) is 11.7 Å². The first kappa shape index (κ1) is 13.1. The number of carbonyl (C=O) groups excluding carboxylic acids is 1. The first-order valence-corrected chi connectivity index (χ1v) is 2.81. The second kappa shape index (κ2) is 7.63. The van der Waals surface area contributed by atoms with Crippen LogP contribution in [0.15, 0.2) is 0 Å². The van der Waals surface area contributed by atoms with Crippen molar-refractivity contribution in [2.75, 3.05) is 0 Å². The van der Waals surface area contributed by atoms with Crippen LogP contribution < -0.4 is 11.7 Å². The van der Waals surface area contributed by atoms with Gasteiger partial charge in [0.1, 0.15) is 12.8 Å². The van der Waals surface area contributed by atoms with E-state index in [1.54, 1.807) is 0 Å². The lowest BCUT2D eigenvalue weighted by Gasteiger charge is -1.89. The number of nitrogens with two attached hydrogens (primary N) is 2. The SMILES string of the molecule is NN.O=C(O)CC(=O)CC(=O)O. The van der Waals surface area contributed by atoms with Crippen molar-refractivity contribution < 1.29 is 24.6 Å². The third kappa shape index (κ3) is 11.3. The Kier molecular flexibility index (Phi) is 8.36. The van der Waals surface area contributed by atoms with E-state index in [9.17, 15) is 14.4 Å². The second-order valence-corrected chi connectivity index (χ2v) is 1.68. The van der Waals surface area contributed by atoms with Crippen molar-refractivity contribution in [2.45, 2.75) is 12.8 Å². The third-order valence-electron chi connectivity index (χ3n) is 0.697. The van der Waals surface area contributed by atoms with Crippen molar-refractivity contribution in [3.05, 3.63) is 0 Å². The lowest BCUT2D eigenvalue weighted by Crippen LogP contribution is -2.11. The normalized spacial score (nSPS) is 7.83. The van der Waals surface area contributed by atoms with Gasteiger partial charge in [-0.2, -0.15) is 0 Å². The molecule has 0 bridgehead atoms. The zero-order chi connectivity index (χ0) is 10.1. The molecule has 0 aliphatic carbocycles. The zero-order valence-corrected chi connectivity index (χ0v) is 6.19. The maximum atomic E-state index is 10.3. The number of ketones is 1. The monoisotopic (exact) mass is 178 g/mol. The van der Waals surface area contributed by atoms with E-state index < -0.39 is 30.6 Å². The largest absolute Gasteiger partial charge is 0.481 e. The number of carbonyl (C=O) groups is 3. The molecule has 0 radical (unpaired) electrons. The van der Waals surface area contributed by atoms with Gasteiger partial charge in [0.05, 0.1) is 0 Å². The predicted octanol–water partition coefficient (Wildman–Crippen LogP) is -1.68. The summed E-state index contributed by atoms with van der Waals surface area (Å²) in [4.78, 5) is 29.9. The first-order chi connectivity index (χ1) is 5.52. The van der Waals surface area contributed by atoms with Crippen molar-refractivity contribution in [1.82, 2.24) is 0 Å². The van der Waals surface area contributed by atoms with Crippen LogP contribution in [0.25, 0.3) is 0 Å². The fourth-order valence-electron chi connectivity index (χ4n) is 0.400. The van der Waals surface area contributed by atoms with Crippen LogP contribution in [0.5, 0.6) is 0 Å². The van der Waals surface area contributed by atoms with Crippen LogP contribution in [0.3, 0.4) is 0 Å². The van der Waals surface area contributed by atoms with Gasteiger partial charge in [0.2, 0.25) is 0 Å². The van der Waals surface area contributed by atoms with Gasteiger partial charge in [-0.3, -0.25) is 26.1 Å². The topological polar surface area (TPSA) is 144 Å². The summed E-state index contributed by atoms with van der Waals surface area (Å²) in [5, 5.41) is 16.0. The number of carboxylic acids is 2. The lowest BCUT2D eigenvalue weighted by atomic mass is 10.2. The fraction of sp³-hybridized carbons (Fsp3) is 0.400. The smallest absolute Gasteiger partial charge is 0.310 e. The molecule has 0 atom stereocenters. The highest BCUT2D eigenvalue weighted by Crippen LogP contribution is 1.88. The number of carboxylic acid groups (broad SMARTS) is 2. The average Bonchev–Trinajstić information content (AvgIpc) is 1.87. The molecule has 0 aliphatic rings. The van der Waals surface area contributed by atoms with Crippen LogP contribution in [-0.2, 0) is 14.4 Å². The van der Waals surface area contributed by atoms with Gasteiger partial charge >= 0.3 is 11.9 Å². The molecule has 70 valence electrons. The van der Waals surface area contributed by atoms with Gasteiger partial charge in [0.25, 0.3) is 0 Å². The van der Waals surface area contributed by atoms with Gasteiger partial charge in [-0.05, 0) is 0 Å². The average molecular weight is 178 g/mol. The Morgan fingerprint density at radius 1 is 0.917 bits per heavy atom. The molecular formula is C5H10N2O5. The molecule has 0 aliphatic heterocycles. The Balaban J connectivity index is 0. The van der Waals surface area contributed by atoms with Crippen LogP contribution in [0.4, 0.5) is 0 Å². The summed E-state index contributed by atoms with van der Waals surface area (Å²) < 4.78 is 0. The molecule has 0 saturated heterocycles. The molecule has 6 N–H and O–H groups in total. The first-order valence-electron chi connectivity index (χ1n) is 2.81. The minimum absolute atomic E-state index is 0.716. The minimum atomic E-state index is -1.30. The highest BCUT2D eigenvalue weighted by atomic mass is 16.4. The van der Waals surface area contributed by atoms with Crippen molar-refractivity contribution >= 4 is 17.7 Å². The van der Waals surface area contributed by atoms with Crippen LogP contribution in [-0.4, -0.2) is 27.9 Å². The lowest BCUT2D eigenvalue weighted by molar-refractivity contribution is -0.143. The molecule has 0 aromatic heterocycles. The van der Waals surface area contributed by atoms with E-state index in [0.717, 1.165) is 0 Å². The maximum absolute atomic E-state index is 10.3. The molecule has 12 heavy (non-hydrogen) atoms. The minimum Gasteiger partial charge on any atom is -0.481 e. The van der Waals surface area contributed by atoms with Gasteiger partial charge in [-0.25, -0.2) is 0 Å². The van der Waals surface area contributed by atoms with E-state index in [2.05, 4.69) is 11.7 Å². The summed E-state index contributed by atoms with van der Waals surface area (Å²) in [7, 11) is 0. The molecule has 0 amide bonds. The summed E-state index contributed by atoms with van der Waals surface area (Å²) in [6.45, 7) is 0. The van der Waals surface area contributed by atoms with Gasteiger partial charge in [0.15, 0.2) is 5.78 Å². The van der Waals surface area contributed by atoms with E-state index in [1.165, 1.54) is 0 Å². The summed E-state index contributed by atoms with van der Waals surface area (Å²) in [6.07, 6.45) is -1.43. The maximum Gasteiger partial charge on any atom is 0.310 e. The van der Waals surface area contributed by atoms with Crippen molar-refractivity contribution in [3.63, 3.8) is 0 Å². The Labute approximate surface area is 67.9 Å². The van der Waals surface area contributed by atoms with E-state index in [1.807, 2.05) is 0 Å². The number of hydrogen-bond acceptors (Lipinski definition) is 5. The molecule has 7 heteroatoms. The molecule has 0 aromatic rings. The quantitative estimate of drug-likeness (QED) is 0.228. The van der Waals surface area contributed by atoms with Crippen LogP contribution >= 0.6 is 0 Å². The van der Waals surface area contributed by atoms with Gasteiger partial charge < -0.3 is 10.2 Å². The van der Waals surface area contributed by atoms with Gasteiger partial charge in [0, 0.05) is 0 Å². The molecule has 7 nitrogen and oxygen atoms in total. The summed E-state index contributed by atoms with van der Waals surface area (Å²) in [5.41, 5.74) is 0. The Morgan fingerprint density at radius 2 is 1.17 bits per heavy atom.